The van der Waals surface area contributed by atoms with Gasteiger partial charge in [-0.25, -0.2) is 4.79 Å². The standard InChI is InChI=1S/C24H23N5O3S/c1-3-32-24(31)20-18-11-7-8-12-19(18)33-23(20)29-28-21(15(2)16(13-25)14-26)22(30)27-17-9-5-4-6-10-17/h4-6,9-10,29H,3,7-8,11-12H2,1-2H3,(H,27,30)/b28-21+. The number of carbonyl (C=O) groups excluding carboxylic acids is 2. The van der Waals surface area contributed by atoms with Gasteiger partial charge in [-0.05, 0) is 57.2 Å². The quantitative estimate of drug-likeness (QED) is 0.269. The third kappa shape index (κ3) is 5.46. The average Bonchev–Trinajstić information content (AvgIpc) is 3.19. The van der Waals surface area contributed by atoms with Gasteiger partial charge in [0, 0.05) is 16.1 Å². The van der Waals surface area contributed by atoms with Gasteiger partial charge in [0.1, 0.15) is 22.7 Å². The van der Waals surface area contributed by atoms with Gasteiger partial charge >= 0.3 is 5.97 Å². The number of nitrogens with zero attached hydrogens (tertiary/aromatic N) is 3. The maximum atomic E-state index is 13.0. The summed E-state index contributed by atoms with van der Waals surface area (Å²) < 4.78 is 5.25. The second-order valence-electron chi connectivity index (χ2n) is 7.25. The summed E-state index contributed by atoms with van der Waals surface area (Å²) in [6, 6.07) is 12.4. The van der Waals surface area contributed by atoms with Crippen LogP contribution in [0.5, 0.6) is 0 Å². The van der Waals surface area contributed by atoms with Crippen LogP contribution in [0.3, 0.4) is 0 Å². The van der Waals surface area contributed by atoms with Crippen molar-refractivity contribution in [2.45, 2.75) is 39.5 Å². The number of nitriles is 2. The number of ether oxygens (including phenoxy) is 1. The highest BCUT2D eigenvalue weighted by Gasteiger charge is 2.27. The van der Waals surface area contributed by atoms with Crippen LogP contribution in [-0.2, 0) is 22.4 Å². The van der Waals surface area contributed by atoms with Crippen LogP contribution in [0, 0.1) is 22.7 Å². The van der Waals surface area contributed by atoms with Crippen molar-refractivity contribution in [1.29, 1.82) is 10.5 Å². The van der Waals surface area contributed by atoms with E-state index in [4.69, 9.17) is 4.74 Å². The first-order valence-corrected chi connectivity index (χ1v) is 11.3. The van der Waals surface area contributed by atoms with Crippen LogP contribution in [0.4, 0.5) is 10.7 Å². The van der Waals surface area contributed by atoms with Crippen molar-refractivity contribution in [2.75, 3.05) is 17.3 Å². The fraction of sp³-hybridized carbons (Fsp3) is 0.292. The molecule has 8 nitrogen and oxygen atoms in total. The molecule has 3 rings (SSSR count). The monoisotopic (exact) mass is 461 g/mol. The predicted octanol–water partition coefficient (Wildman–Crippen LogP) is 4.57. The lowest BCUT2D eigenvalue weighted by atomic mass is 9.95. The molecule has 0 saturated carbocycles. The van der Waals surface area contributed by atoms with Crippen molar-refractivity contribution >= 4 is 39.6 Å². The van der Waals surface area contributed by atoms with Gasteiger partial charge in [0.2, 0.25) is 0 Å². The summed E-state index contributed by atoms with van der Waals surface area (Å²) in [6.07, 6.45) is 3.67. The van der Waals surface area contributed by atoms with Crippen LogP contribution in [0.1, 0.15) is 47.5 Å². The van der Waals surface area contributed by atoms with Crippen molar-refractivity contribution in [1.82, 2.24) is 0 Å². The van der Waals surface area contributed by atoms with Crippen molar-refractivity contribution in [3.63, 3.8) is 0 Å². The fourth-order valence-corrected chi connectivity index (χ4v) is 4.72. The second-order valence-corrected chi connectivity index (χ2v) is 8.36. The molecule has 2 N–H and O–H groups in total. The van der Waals surface area contributed by atoms with Gasteiger partial charge in [0.15, 0.2) is 5.71 Å². The van der Waals surface area contributed by atoms with E-state index in [0.717, 1.165) is 36.1 Å². The van der Waals surface area contributed by atoms with E-state index in [-0.39, 0.29) is 23.5 Å². The number of carbonyl (C=O) groups is 2. The van der Waals surface area contributed by atoms with Crippen molar-refractivity contribution in [2.24, 2.45) is 5.10 Å². The number of benzene rings is 1. The van der Waals surface area contributed by atoms with E-state index < -0.39 is 11.9 Å². The normalized spacial score (nSPS) is 12.5. The Bertz CT molecular complexity index is 1180. The third-order valence-corrected chi connectivity index (χ3v) is 6.32. The number of allylic oxidation sites excluding steroid dienone is 1. The Morgan fingerprint density at radius 1 is 1.15 bits per heavy atom. The summed E-state index contributed by atoms with van der Waals surface area (Å²) in [5.41, 5.74) is 4.56. The van der Waals surface area contributed by atoms with Gasteiger partial charge in [-0.1, -0.05) is 18.2 Å². The number of nitrogens with one attached hydrogen (secondary N) is 2. The molecule has 1 aromatic carbocycles. The number of amides is 1. The highest BCUT2D eigenvalue weighted by Crippen LogP contribution is 2.38. The van der Waals surface area contributed by atoms with E-state index in [1.54, 1.807) is 43.3 Å². The number of hydrogen-bond donors (Lipinski definition) is 2. The van der Waals surface area contributed by atoms with Gasteiger partial charge in [-0.3, -0.25) is 10.2 Å². The van der Waals surface area contributed by atoms with Gasteiger partial charge in [-0.15, -0.1) is 11.3 Å². The van der Waals surface area contributed by atoms with Crippen LogP contribution in [0.2, 0.25) is 0 Å². The number of hydrazone groups is 1. The van der Waals surface area contributed by atoms with Gasteiger partial charge < -0.3 is 10.1 Å². The van der Waals surface area contributed by atoms with Crippen molar-refractivity contribution < 1.29 is 14.3 Å². The molecule has 0 radical (unpaired) electrons. The molecule has 1 aromatic heterocycles. The van der Waals surface area contributed by atoms with E-state index in [9.17, 15) is 20.1 Å². The molecule has 0 bridgehead atoms. The highest BCUT2D eigenvalue weighted by atomic mass is 32.1. The molecule has 0 unspecified atom stereocenters. The number of hydrogen-bond acceptors (Lipinski definition) is 8. The molecule has 0 saturated heterocycles. The summed E-state index contributed by atoms with van der Waals surface area (Å²) in [7, 11) is 0. The summed E-state index contributed by atoms with van der Waals surface area (Å²) in [6.45, 7) is 3.47. The number of esters is 1. The maximum Gasteiger partial charge on any atom is 0.341 e. The molecule has 0 aliphatic heterocycles. The molecule has 0 spiro atoms. The molecule has 1 heterocycles. The van der Waals surface area contributed by atoms with Crippen molar-refractivity contribution in [3.05, 3.63) is 57.5 Å². The molecular formula is C24H23N5O3S. The maximum absolute atomic E-state index is 13.0. The van der Waals surface area contributed by atoms with E-state index >= 15 is 0 Å². The molecule has 33 heavy (non-hydrogen) atoms. The summed E-state index contributed by atoms with van der Waals surface area (Å²) >= 11 is 1.41. The van der Waals surface area contributed by atoms with Gasteiger partial charge in [-0.2, -0.15) is 15.6 Å². The Balaban J connectivity index is 2.02. The smallest absolute Gasteiger partial charge is 0.341 e. The third-order valence-electron chi connectivity index (χ3n) is 5.12. The lowest BCUT2D eigenvalue weighted by Gasteiger charge is -2.12. The van der Waals surface area contributed by atoms with E-state index in [0.29, 0.717) is 16.3 Å². The SMILES string of the molecule is CCOC(=O)c1c(N/N=C(/C(=O)Nc2ccccc2)C(C)=C(C#N)C#N)sc2c1CCCC2. The second kappa shape index (κ2) is 11.1. The molecule has 1 aliphatic carbocycles. The summed E-state index contributed by atoms with van der Waals surface area (Å²) in [4.78, 5) is 26.8. The summed E-state index contributed by atoms with van der Waals surface area (Å²) in [5.74, 6) is -1.03. The lowest BCUT2D eigenvalue weighted by molar-refractivity contribution is -0.110. The first-order chi connectivity index (χ1) is 16.0. The van der Waals surface area contributed by atoms with Gasteiger partial charge in [0.05, 0.1) is 12.2 Å². The van der Waals surface area contributed by atoms with Gasteiger partial charge in [0.25, 0.3) is 5.91 Å². The minimum Gasteiger partial charge on any atom is -0.462 e. The number of aryl methyl sites for hydroxylation is 1. The molecule has 0 fully saturated rings. The molecule has 168 valence electrons. The zero-order valence-electron chi connectivity index (χ0n) is 18.4. The summed E-state index contributed by atoms with van der Waals surface area (Å²) in [5, 5.41) is 26.0. The van der Waals surface area contributed by atoms with Crippen LogP contribution in [-0.4, -0.2) is 24.2 Å². The topological polar surface area (TPSA) is 127 Å². The fourth-order valence-electron chi connectivity index (χ4n) is 3.50. The Morgan fingerprint density at radius 3 is 2.52 bits per heavy atom. The first-order valence-electron chi connectivity index (χ1n) is 10.5. The van der Waals surface area contributed by atoms with Crippen LogP contribution in [0.25, 0.3) is 0 Å². The number of rotatable bonds is 7. The van der Waals surface area contributed by atoms with E-state index in [1.165, 1.54) is 18.3 Å². The molecule has 9 heteroatoms. The Kier molecular flexibility index (Phi) is 7.96. The number of para-hydroxylation sites is 1. The number of anilines is 2. The minimum absolute atomic E-state index is 0.125. The molecule has 1 aliphatic rings. The average molecular weight is 462 g/mol. The van der Waals surface area contributed by atoms with Crippen LogP contribution in [0.15, 0.2) is 46.6 Å². The first kappa shape index (κ1) is 23.7. The highest BCUT2D eigenvalue weighted by molar-refractivity contribution is 7.16. The van der Waals surface area contributed by atoms with E-state index in [2.05, 4.69) is 15.8 Å². The zero-order valence-corrected chi connectivity index (χ0v) is 19.2. The number of thiophene rings is 1. The minimum atomic E-state index is -0.590. The largest absolute Gasteiger partial charge is 0.462 e. The van der Waals surface area contributed by atoms with Crippen LogP contribution < -0.4 is 10.7 Å². The predicted molar refractivity (Wildman–Crippen MR) is 127 cm³/mol. The Morgan fingerprint density at radius 2 is 1.85 bits per heavy atom. The molecular weight excluding hydrogens is 438 g/mol. The molecule has 1 amide bonds. The zero-order chi connectivity index (χ0) is 23.8. The Labute approximate surface area is 196 Å². The van der Waals surface area contributed by atoms with E-state index in [1.807, 2.05) is 6.07 Å². The van der Waals surface area contributed by atoms with Crippen molar-refractivity contribution in [3.8, 4) is 12.1 Å². The molecule has 0 atom stereocenters. The van der Waals surface area contributed by atoms with Crippen LogP contribution >= 0.6 is 11.3 Å². The number of fused-ring (bicyclic) bond motifs is 1. The lowest BCUT2D eigenvalue weighted by Crippen LogP contribution is -2.25. The molecule has 2 aromatic rings. The Hall–Kier alpha value is -3.95.